The Hall–Kier alpha value is -0.920. The molecule has 0 saturated heterocycles. The Bertz CT molecular complexity index is 143. The van der Waals surface area contributed by atoms with E-state index in [0.717, 1.165) is 6.08 Å². The molecule has 0 atom stereocenters. The van der Waals surface area contributed by atoms with Crippen molar-refractivity contribution in [1.29, 1.82) is 0 Å². The van der Waals surface area contributed by atoms with Crippen LogP contribution in [0.5, 0.6) is 0 Å². The third kappa shape index (κ3) is 4.94. The SMILES string of the molecule is CC=C/C=C(F)\C=C\F. The van der Waals surface area contributed by atoms with Crippen LogP contribution < -0.4 is 0 Å². The quantitative estimate of drug-likeness (QED) is 0.504. The van der Waals surface area contributed by atoms with Crippen LogP contribution in [0.1, 0.15) is 6.92 Å². The van der Waals surface area contributed by atoms with E-state index >= 15 is 0 Å². The molecule has 50 valence electrons. The summed E-state index contributed by atoms with van der Waals surface area (Å²) in [5.41, 5.74) is 0. The first kappa shape index (κ1) is 8.08. The molecule has 0 aromatic heterocycles. The molecule has 0 saturated carbocycles. The Morgan fingerprint density at radius 3 is 2.56 bits per heavy atom. The van der Waals surface area contributed by atoms with Gasteiger partial charge in [-0.3, -0.25) is 0 Å². The molecule has 0 unspecified atom stereocenters. The maximum absolute atomic E-state index is 12.1. The van der Waals surface area contributed by atoms with E-state index in [1.54, 1.807) is 13.0 Å². The summed E-state index contributed by atoms with van der Waals surface area (Å²) in [4.78, 5) is 0. The fourth-order valence-corrected chi connectivity index (χ4v) is 0.304. The molecule has 0 fully saturated rings. The summed E-state index contributed by atoms with van der Waals surface area (Å²) < 4.78 is 23.3. The molecule has 0 nitrogen and oxygen atoms in total. The van der Waals surface area contributed by atoms with E-state index in [2.05, 4.69) is 0 Å². The lowest BCUT2D eigenvalue weighted by molar-refractivity contribution is 0.652. The molecule has 0 aromatic carbocycles. The molecule has 0 aliphatic carbocycles. The van der Waals surface area contributed by atoms with Gasteiger partial charge in [-0.2, -0.15) is 0 Å². The smallest absolute Gasteiger partial charge is 0.125 e. The summed E-state index contributed by atoms with van der Waals surface area (Å²) in [7, 11) is 0. The monoisotopic (exact) mass is 130 g/mol. The molecule has 0 amide bonds. The largest absolute Gasteiger partial charge is 0.215 e. The molecule has 2 heteroatoms. The van der Waals surface area contributed by atoms with Crippen LogP contribution in [0.15, 0.2) is 36.5 Å². The number of allylic oxidation sites excluding steroid dienone is 5. The fourth-order valence-electron chi connectivity index (χ4n) is 0.304. The van der Waals surface area contributed by atoms with Crippen molar-refractivity contribution in [2.75, 3.05) is 0 Å². The maximum Gasteiger partial charge on any atom is 0.125 e. The fraction of sp³-hybridized carbons (Fsp3) is 0.143. The Morgan fingerprint density at radius 2 is 2.11 bits per heavy atom. The van der Waals surface area contributed by atoms with Crippen LogP contribution in [0.25, 0.3) is 0 Å². The summed E-state index contributed by atoms with van der Waals surface area (Å²) >= 11 is 0. The standard InChI is InChI=1S/C7H8F2/c1-2-3-4-7(9)5-6-8/h2-6H,1H3/b3-2?,6-5+,7-4+. The second-order valence-electron chi connectivity index (χ2n) is 1.37. The topological polar surface area (TPSA) is 0 Å². The minimum atomic E-state index is -0.587. The highest BCUT2D eigenvalue weighted by Crippen LogP contribution is 1.97. The van der Waals surface area contributed by atoms with Crippen LogP contribution in [0, 0.1) is 0 Å². The number of hydrogen-bond donors (Lipinski definition) is 0. The van der Waals surface area contributed by atoms with Crippen LogP contribution >= 0.6 is 0 Å². The Labute approximate surface area is 53.2 Å². The second-order valence-corrected chi connectivity index (χ2v) is 1.37. The van der Waals surface area contributed by atoms with Gasteiger partial charge in [0.15, 0.2) is 0 Å². The van der Waals surface area contributed by atoms with Gasteiger partial charge in [-0.25, -0.2) is 8.78 Å². The number of hydrogen-bond acceptors (Lipinski definition) is 0. The van der Waals surface area contributed by atoms with Gasteiger partial charge in [0.2, 0.25) is 0 Å². The van der Waals surface area contributed by atoms with Gasteiger partial charge in [-0.1, -0.05) is 12.2 Å². The zero-order valence-corrected chi connectivity index (χ0v) is 5.14. The summed E-state index contributed by atoms with van der Waals surface area (Å²) in [6.45, 7) is 1.75. The average Bonchev–Trinajstić information content (AvgIpc) is 1.85. The minimum absolute atomic E-state index is 0.162. The van der Waals surface area contributed by atoms with E-state index in [-0.39, 0.29) is 6.33 Å². The molecule has 0 bridgehead atoms. The molecular formula is C7H8F2. The second kappa shape index (κ2) is 5.22. The molecule has 0 heterocycles. The molecule has 0 aliphatic heterocycles. The summed E-state index contributed by atoms with van der Waals surface area (Å²) in [5, 5.41) is 0. The third-order valence-corrected chi connectivity index (χ3v) is 0.670. The zero-order chi connectivity index (χ0) is 7.11. The summed E-state index contributed by atoms with van der Waals surface area (Å²) in [5.74, 6) is -0.587. The minimum Gasteiger partial charge on any atom is -0.215 e. The Balaban J connectivity index is 3.84. The van der Waals surface area contributed by atoms with Crippen molar-refractivity contribution in [1.82, 2.24) is 0 Å². The van der Waals surface area contributed by atoms with Crippen molar-refractivity contribution in [3.05, 3.63) is 36.5 Å². The van der Waals surface area contributed by atoms with Crippen molar-refractivity contribution in [2.45, 2.75) is 6.92 Å². The van der Waals surface area contributed by atoms with Crippen LogP contribution in [-0.4, -0.2) is 0 Å². The van der Waals surface area contributed by atoms with E-state index in [1.165, 1.54) is 12.2 Å². The average molecular weight is 130 g/mol. The van der Waals surface area contributed by atoms with Crippen molar-refractivity contribution >= 4 is 0 Å². The Kier molecular flexibility index (Phi) is 4.69. The summed E-state index contributed by atoms with van der Waals surface area (Å²) in [6, 6.07) is 0. The molecule has 0 rings (SSSR count). The first-order valence-electron chi connectivity index (χ1n) is 2.56. The van der Waals surface area contributed by atoms with Gasteiger partial charge < -0.3 is 0 Å². The van der Waals surface area contributed by atoms with E-state index in [1.807, 2.05) is 0 Å². The zero-order valence-electron chi connectivity index (χ0n) is 5.14. The maximum atomic E-state index is 12.1. The van der Waals surface area contributed by atoms with E-state index in [9.17, 15) is 8.78 Å². The third-order valence-electron chi connectivity index (χ3n) is 0.670. The normalized spacial score (nSPS) is 13.9. The molecule has 0 N–H and O–H groups in total. The molecular weight excluding hydrogens is 122 g/mol. The van der Waals surface area contributed by atoms with Crippen molar-refractivity contribution in [2.24, 2.45) is 0 Å². The molecule has 0 spiro atoms. The van der Waals surface area contributed by atoms with E-state index < -0.39 is 5.83 Å². The van der Waals surface area contributed by atoms with Crippen LogP contribution in [0.3, 0.4) is 0 Å². The van der Waals surface area contributed by atoms with E-state index in [4.69, 9.17) is 0 Å². The molecule has 0 aromatic rings. The lowest BCUT2D eigenvalue weighted by atomic mass is 10.4. The highest BCUT2D eigenvalue weighted by Gasteiger charge is 1.80. The number of rotatable bonds is 2. The highest BCUT2D eigenvalue weighted by atomic mass is 19.1. The van der Waals surface area contributed by atoms with E-state index in [0.29, 0.717) is 0 Å². The van der Waals surface area contributed by atoms with Gasteiger partial charge in [0.25, 0.3) is 0 Å². The molecule has 0 radical (unpaired) electrons. The van der Waals surface area contributed by atoms with Gasteiger partial charge in [-0.05, 0) is 13.0 Å². The van der Waals surface area contributed by atoms with Gasteiger partial charge in [0.05, 0.1) is 6.33 Å². The first-order chi connectivity index (χ1) is 4.31. The molecule has 9 heavy (non-hydrogen) atoms. The lowest BCUT2D eigenvalue weighted by Crippen LogP contribution is -1.59. The van der Waals surface area contributed by atoms with Crippen LogP contribution in [-0.2, 0) is 0 Å². The summed E-state index contributed by atoms with van der Waals surface area (Å²) in [6.07, 6.45) is 5.24. The van der Waals surface area contributed by atoms with Crippen molar-refractivity contribution in [3.8, 4) is 0 Å². The van der Waals surface area contributed by atoms with Gasteiger partial charge in [-0.15, -0.1) is 0 Å². The van der Waals surface area contributed by atoms with Crippen LogP contribution in [0.4, 0.5) is 8.78 Å². The first-order valence-corrected chi connectivity index (χ1v) is 2.56. The number of halogens is 2. The lowest BCUT2D eigenvalue weighted by Gasteiger charge is -1.77. The predicted octanol–water partition coefficient (Wildman–Crippen LogP) is 2.90. The van der Waals surface area contributed by atoms with Gasteiger partial charge in [0, 0.05) is 6.08 Å². The van der Waals surface area contributed by atoms with Gasteiger partial charge >= 0.3 is 0 Å². The van der Waals surface area contributed by atoms with Crippen molar-refractivity contribution in [3.63, 3.8) is 0 Å². The van der Waals surface area contributed by atoms with Crippen LogP contribution in [0.2, 0.25) is 0 Å². The highest BCUT2D eigenvalue weighted by molar-refractivity contribution is 5.15. The Morgan fingerprint density at radius 1 is 1.44 bits per heavy atom. The predicted molar refractivity (Wildman–Crippen MR) is 34.3 cm³/mol. The molecule has 0 aliphatic rings. The van der Waals surface area contributed by atoms with Crippen molar-refractivity contribution < 1.29 is 8.78 Å². The van der Waals surface area contributed by atoms with Gasteiger partial charge in [0.1, 0.15) is 5.83 Å².